The second-order valence-electron chi connectivity index (χ2n) is 3.35. The summed E-state index contributed by atoms with van der Waals surface area (Å²) >= 11 is 5.96. The molecule has 1 aromatic rings. The normalized spacial score (nSPS) is 11.7. The summed E-state index contributed by atoms with van der Waals surface area (Å²) in [4.78, 5) is 22.8. The third kappa shape index (κ3) is 3.42. The molecule has 7 heteroatoms. The lowest BCUT2D eigenvalue weighted by Gasteiger charge is -2.15. The van der Waals surface area contributed by atoms with E-state index in [2.05, 4.69) is 0 Å². The third-order valence-electron chi connectivity index (χ3n) is 2.29. The molecule has 0 heterocycles. The van der Waals surface area contributed by atoms with Crippen LogP contribution < -0.4 is 22.5 Å². The summed E-state index contributed by atoms with van der Waals surface area (Å²) in [5.74, 6) is 8.32. The lowest BCUT2D eigenvalue weighted by atomic mass is 9.94. The highest BCUT2D eigenvalue weighted by Crippen LogP contribution is 2.26. The van der Waals surface area contributed by atoms with Crippen molar-refractivity contribution < 1.29 is 9.59 Å². The van der Waals surface area contributed by atoms with Crippen LogP contribution in [0.15, 0.2) is 24.3 Å². The number of nitrogens with two attached hydrogens (primary N) is 2. The van der Waals surface area contributed by atoms with Crippen molar-refractivity contribution in [3.05, 3.63) is 34.9 Å². The molecular weight excluding hydrogens is 244 g/mol. The summed E-state index contributed by atoms with van der Waals surface area (Å²) in [7, 11) is 0. The molecular formula is C10H13ClN4O2. The molecule has 6 nitrogen and oxygen atoms in total. The number of hydrazine groups is 2. The Hall–Kier alpha value is -1.63. The van der Waals surface area contributed by atoms with Crippen LogP contribution in [0.4, 0.5) is 0 Å². The van der Waals surface area contributed by atoms with Crippen molar-refractivity contribution >= 4 is 23.4 Å². The van der Waals surface area contributed by atoms with Crippen LogP contribution in [0.25, 0.3) is 0 Å². The van der Waals surface area contributed by atoms with Gasteiger partial charge in [0.1, 0.15) is 0 Å². The Morgan fingerprint density at radius 3 is 2.41 bits per heavy atom. The topological polar surface area (TPSA) is 110 Å². The smallest absolute Gasteiger partial charge is 0.241 e. The van der Waals surface area contributed by atoms with Crippen molar-refractivity contribution in [3.8, 4) is 0 Å². The molecule has 0 aromatic heterocycles. The Morgan fingerprint density at radius 1 is 1.24 bits per heavy atom. The molecule has 17 heavy (non-hydrogen) atoms. The Labute approximate surface area is 103 Å². The summed E-state index contributed by atoms with van der Waals surface area (Å²) in [6, 6.07) is 6.74. The van der Waals surface area contributed by atoms with Crippen molar-refractivity contribution in [3.63, 3.8) is 0 Å². The summed E-state index contributed by atoms with van der Waals surface area (Å²) in [5.41, 5.74) is 4.49. The summed E-state index contributed by atoms with van der Waals surface area (Å²) in [6.45, 7) is 0. The van der Waals surface area contributed by atoms with Crippen molar-refractivity contribution in [2.45, 2.75) is 12.3 Å². The summed E-state index contributed by atoms with van der Waals surface area (Å²) < 4.78 is 0. The van der Waals surface area contributed by atoms with E-state index in [1.807, 2.05) is 10.9 Å². The number of halogens is 1. The quantitative estimate of drug-likeness (QED) is 0.339. The number of amides is 2. The predicted octanol–water partition coefficient (Wildman–Crippen LogP) is -0.206. The SMILES string of the molecule is NNC(=O)C[C@H](C(=O)NN)c1ccccc1Cl. The molecule has 1 rings (SSSR count). The number of hydrogen-bond acceptors (Lipinski definition) is 4. The maximum Gasteiger partial charge on any atom is 0.241 e. The monoisotopic (exact) mass is 256 g/mol. The molecule has 1 aromatic carbocycles. The van der Waals surface area contributed by atoms with Crippen LogP contribution in [0.2, 0.25) is 5.02 Å². The molecule has 0 saturated heterocycles. The van der Waals surface area contributed by atoms with Crippen LogP contribution >= 0.6 is 11.6 Å². The fourth-order valence-corrected chi connectivity index (χ4v) is 1.71. The van der Waals surface area contributed by atoms with Gasteiger partial charge in [-0.05, 0) is 11.6 Å². The van der Waals surface area contributed by atoms with Gasteiger partial charge < -0.3 is 0 Å². The average Bonchev–Trinajstić information content (AvgIpc) is 2.35. The van der Waals surface area contributed by atoms with Gasteiger partial charge in [-0.3, -0.25) is 20.4 Å². The van der Waals surface area contributed by atoms with E-state index in [1.165, 1.54) is 0 Å². The minimum absolute atomic E-state index is 0.122. The van der Waals surface area contributed by atoms with E-state index >= 15 is 0 Å². The maximum atomic E-state index is 11.6. The molecule has 0 aliphatic carbocycles. The van der Waals surface area contributed by atoms with Gasteiger partial charge in [-0.1, -0.05) is 29.8 Å². The number of nitrogens with one attached hydrogen (secondary N) is 2. The number of rotatable bonds is 4. The second-order valence-corrected chi connectivity index (χ2v) is 3.76. The van der Waals surface area contributed by atoms with Crippen LogP contribution in [0.3, 0.4) is 0 Å². The van der Waals surface area contributed by atoms with E-state index in [4.69, 9.17) is 23.3 Å². The van der Waals surface area contributed by atoms with Crippen LogP contribution in [0, 0.1) is 0 Å². The first-order chi connectivity index (χ1) is 8.10. The molecule has 0 fully saturated rings. The first kappa shape index (κ1) is 13.4. The lowest BCUT2D eigenvalue weighted by Crippen LogP contribution is -2.38. The summed E-state index contributed by atoms with van der Waals surface area (Å²) in [5, 5.41) is 0.394. The highest BCUT2D eigenvalue weighted by atomic mass is 35.5. The fourth-order valence-electron chi connectivity index (χ4n) is 1.45. The third-order valence-corrected chi connectivity index (χ3v) is 2.63. The van der Waals surface area contributed by atoms with E-state index in [9.17, 15) is 9.59 Å². The maximum absolute atomic E-state index is 11.6. The molecule has 92 valence electrons. The van der Waals surface area contributed by atoms with Gasteiger partial charge in [0.15, 0.2) is 0 Å². The zero-order valence-corrected chi connectivity index (χ0v) is 9.70. The second kappa shape index (κ2) is 6.19. The van der Waals surface area contributed by atoms with E-state index in [0.29, 0.717) is 10.6 Å². The Balaban J connectivity index is 3.02. The molecule has 2 amide bonds. The van der Waals surface area contributed by atoms with Crippen molar-refractivity contribution in [1.29, 1.82) is 0 Å². The Kier molecular flexibility index (Phi) is 4.89. The van der Waals surface area contributed by atoms with Gasteiger partial charge in [0, 0.05) is 11.4 Å². The minimum Gasteiger partial charge on any atom is -0.294 e. The zero-order chi connectivity index (χ0) is 12.8. The van der Waals surface area contributed by atoms with Gasteiger partial charge in [0.25, 0.3) is 0 Å². The molecule has 0 aliphatic heterocycles. The van der Waals surface area contributed by atoms with Gasteiger partial charge in [0.05, 0.1) is 5.92 Å². The number of hydrogen-bond donors (Lipinski definition) is 4. The van der Waals surface area contributed by atoms with E-state index in [0.717, 1.165) is 0 Å². The van der Waals surface area contributed by atoms with Crippen LogP contribution in [-0.2, 0) is 9.59 Å². The number of carbonyl (C=O) groups is 2. The minimum atomic E-state index is -0.766. The van der Waals surface area contributed by atoms with E-state index < -0.39 is 17.7 Å². The predicted molar refractivity (Wildman–Crippen MR) is 63.5 cm³/mol. The highest BCUT2D eigenvalue weighted by molar-refractivity contribution is 6.31. The average molecular weight is 257 g/mol. The fraction of sp³-hybridized carbons (Fsp3) is 0.200. The molecule has 6 N–H and O–H groups in total. The van der Waals surface area contributed by atoms with Gasteiger partial charge in [-0.2, -0.15) is 0 Å². The molecule has 0 radical (unpaired) electrons. The van der Waals surface area contributed by atoms with Crippen molar-refractivity contribution in [1.82, 2.24) is 10.9 Å². The van der Waals surface area contributed by atoms with Gasteiger partial charge in [-0.15, -0.1) is 0 Å². The highest BCUT2D eigenvalue weighted by Gasteiger charge is 2.24. The van der Waals surface area contributed by atoms with Gasteiger partial charge in [-0.25, -0.2) is 11.7 Å². The number of benzene rings is 1. The zero-order valence-electron chi connectivity index (χ0n) is 8.94. The Morgan fingerprint density at radius 2 is 1.88 bits per heavy atom. The molecule has 0 spiro atoms. The van der Waals surface area contributed by atoms with Crippen LogP contribution in [-0.4, -0.2) is 11.8 Å². The van der Waals surface area contributed by atoms with E-state index in [1.54, 1.807) is 24.3 Å². The van der Waals surface area contributed by atoms with Crippen LogP contribution in [0.5, 0.6) is 0 Å². The molecule has 0 unspecified atom stereocenters. The first-order valence-corrected chi connectivity index (χ1v) is 5.22. The molecule has 0 aliphatic rings. The van der Waals surface area contributed by atoms with Crippen molar-refractivity contribution in [2.75, 3.05) is 0 Å². The lowest BCUT2D eigenvalue weighted by molar-refractivity contribution is -0.127. The van der Waals surface area contributed by atoms with Crippen LogP contribution in [0.1, 0.15) is 17.9 Å². The first-order valence-electron chi connectivity index (χ1n) is 4.84. The molecule has 0 saturated carbocycles. The standard InChI is InChI=1S/C10H13ClN4O2/c11-8-4-2-1-3-6(8)7(10(17)15-13)5-9(16)14-12/h1-4,7H,5,12-13H2,(H,14,16)(H,15,17)/t7-/m0/s1. The van der Waals surface area contributed by atoms with Crippen molar-refractivity contribution in [2.24, 2.45) is 11.7 Å². The van der Waals surface area contributed by atoms with E-state index in [-0.39, 0.29) is 6.42 Å². The van der Waals surface area contributed by atoms with Gasteiger partial charge in [0.2, 0.25) is 11.8 Å². The molecule has 1 atom stereocenters. The Bertz CT molecular complexity index is 425. The van der Waals surface area contributed by atoms with Gasteiger partial charge >= 0.3 is 0 Å². The largest absolute Gasteiger partial charge is 0.294 e. The summed E-state index contributed by atoms with van der Waals surface area (Å²) in [6.07, 6.45) is -0.122. The molecule has 0 bridgehead atoms. The number of carbonyl (C=O) groups excluding carboxylic acids is 2.